The second-order valence-electron chi connectivity index (χ2n) is 3.77. The summed E-state index contributed by atoms with van der Waals surface area (Å²) in [5, 5.41) is 0. The first-order valence-corrected chi connectivity index (χ1v) is 8.15. The maximum absolute atomic E-state index is 11.9. The molecule has 1 heterocycles. The van der Waals surface area contributed by atoms with Crippen LogP contribution >= 0.6 is 0 Å². The highest BCUT2D eigenvalue weighted by Crippen LogP contribution is 2.24. The Morgan fingerprint density at radius 2 is 1.78 bits per heavy atom. The molecule has 0 bridgehead atoms. The average Bonchev–Trinajstić information content (AvgIpc) is 2.25. The maximum atomic E-state index is 11.9. The van der Waals surface area contributed by atoms with Crippen molar-refractivity contribution in [3.63, 3.8) is 0 Å². The van der Waals surface area contributed by atoms with Crippen LogP contribution in [-0.4, -0.2) is 60.8 Å². The van der Waals surface area contributed by atoms with Gasteiger partial charge in [0.15, 0.2) is 0 Å². The Balaban J connectivity index is 2.21. The molecule has 0 spiro atoms. The molecule has 0 unspecified atom stereocenters. The first-order valence-electron chi connectivity index (χ1n) is 5.25. The van der Waals surface area contributed by atoms with Crippen LogP contribution in [0.4, 0.5) is 13.2 Å². The number of halogens is 3. The Morgan fingerprint density at radius 3 is 2.28 bits per heavy atom. The summed E-state index contributed by atoms with van der Waals surface area (Å²) >= 11 is 0. The molecule has 0 atom stereocenters. The zero-order valence-corrected chi connectivity index (χ0v) is 11.1. The summed E-state index contributed by atoms with van der Waals surface area (Å²) in [4.78, 5) is 1.92. The molecule has 5 nitrogen and oxygen atoms in total. The zero-order valence-electron chi connectivity index (χ0n) is 9.48. The number of rotatable bonds is 5. The molecule has 18 heavy (non-hydrogen) atoms. The summed E-state index contributed by atoms with van der Waals surface area (Å²) in [6.45, 7) is 1.16. The molecule has 0 radical (unpaired) electrons. The molecule has 0 saturated carbocycles. The van der Waals surface area contributed by atoms with E-state index in [2.05, 4.69) is 4.18 Å². The molecular weight excluding hydrogens is 295 g/mol. The van der Waals surface area contributed by atoms with Gasteiger partial charge >= 0.3 is 15.6 Å². The third kappa shape index (κ3) is 4.82. The first-order chi connectivity index (χ1) is 8.22. The van der Waals surface area contributed by atoms with Crippen molar-refractivity contribution in [2.45, 2.75) is 11.9 Å². The summed E-state index contributed by atoms with van der Waals surface area (Å²) in [6, 6.07) is 0. The first kappa shape index (κ1) is 15.9. The predicted octanol–water partition coefficient (Wildman–Crippen LogP) is 0.307. The quantitative estimate of drug-likeness (QED) is 0.415. The summed E-state index contributed by atoms with van der Waals surface area (Å²) in [5.41, 5.74) is -5.37. The Bertz CT molecular complexity index is 386. The highest BCUT2D eigenvalue weighted by Gasteiger charge is 2.47. The van der Waals surface area contributed by atoms with Gasteiger partial charge < -0.3 is 4.90 Å². The monoisotopic (exact) mass is 309 g/mol. The molecule has 1 aliphatic heterocycles. The molecule has 0 aromatic rings. The topological polar surface area (TPSA) is 63.7 Å². The molecule has 0 aliphatic carbocycles. The van der Waals surface area contributed by atoms with E-state index in [0.717, 1.165) is 0 Å². The van der Waals surface area contributed by atoms with Crippen molar-refractivity contribution in [1.82, 2.24) is 4.90 Å². The van der Waals surface area contributed by atoms with E-state index in [1.807, 2.05) is 4.90 Å². The second-order valence-corrected chi connectivity index (χ2v) is 7.07. The third-order valence-electron chi connectivity index (χ3n) is 2.41. The number of hydrogen-bond donors (Lipinski definition) is 0. The number of alkyl halides is 3. The molecule has 10 heteroatoms. The molecule has 1 saturated heterocycles. The van der Waals surface area contributed by atoms with Gasteiger partial charge in [-0.3, -0.25) is 8.39 Å². The summed E-state index contributed by atoms with van der Waals surface area (Å²) in [6.07, 6.45) is 0.182. The van der Waals surface area contributed by atoms with Crippen molar-refractivity contribution >= 4 is 20.9 Å². The van der Waals surface area contributed by atoms with Gasteiger partial charge in [-0.15, -0.1) is 0 Å². The molecule has 1 rings (SSSR count). The third-order valence-corrected chi connectivity index (χ3v) is 4.73. The Hall–Kier alpha value is -0.190. The van der Waals surface area contributed by atoms with Gasteiger partial charge in [0.2, 0.25) is 0 Å². The lowest BCUT2D eigenvalue weighted by atomic mass is 10.4. The summed E-state index contributed by atoms with van der Waals surface area (Å²) in [5.74, 6) is 1.09. The van der Waals surface area contributed by atoms with Crippen LogP contribution in [0.1, 0.15) is 6.42 Å². The minimum atomic E-state index is -5.48. The van der Waals surface area contributed by atoms with Crippen LogP contribution < -0.4 is 0 Å². The van der Waals surface area contributed by atoms with Gasteiger partial charge in [-0.2, -0.15) is 21.6 Å². The Kier molecular flexibility index (Phi) is 5.56. The van der Waals surface area contributed by atoms with Crippen molar-refractivity contribution in [3.05, 3.63) is 0 Å². The van der Waals surface area contributed by atoms with Crippen LogP contribution in [0.3, 0.4) is 0 Å². The van der Waals surface area contributed by atoms with Crippen LogP contribution in [0.25, 0.3) is 0 Å². The van der Waals surface area contributed by atoms with E-state index in [4.69, 9.17) is 0 Å². The van der Waals surface area contributed by atoms with Gasteiger partial charge in [-0.25, -0.2) is 0 Å². The standard InChI is InChI=1S/C8H14F3NO4S2/c9-8(10,11)18(14,15)16-5-1-2-12-3-6-17(13)7-4-12/h1-7H2. The highest BCUT2D eigenvalue weighted by molar-refractivity contribution is 7.87. The van der Waals surface area contributed by atoms with E-state index < -0.39 is 33.0 Å². The van der Waals surface area contributed by atoms with Crippen LogP contribution in [-0.2, 0) is 25.1 Å². The van der Waals surface area contributed by atoms with E-state index in [1.165, 1.54) is 0 Å². The summed E-state index contributed by atoms with van der Waals surface area (Å²) < 4.78 is 71.7. The molecular formula is C8H14F3NO4S2. The molecule has 0 amide bonds. The van der Waals surface area contributed by atoms with Gasteiger partial charge in [0.1, 0.15) is 0 Å². The Morgan fingerprint density at radius 1 is 1.22 bits per heavy atom. The fraction of sp³-hybridized carbons (Fsp3) is 1.00. The SMILES string of the molecule is O=S1CCN(CCCOS(=O)(=O)C(F)(F)F)CC1. The van der Waals surface area contributed by atoms with Crippen molar-refractivity contribution in [3.8, 4) is 0 Å². The predicted molar refractivity (Wildman–Crippen MR) is 59.9 cm³/mol. The number of nitrogens with zero attached hydrogens (tertiary/aromatic N) is 1. The van der Waals surface area contributed by atoms with Crippen LogP contribution in [0, 0.1) is 0 Å². The molecule has 0 aromatic carbocycles. The van der Waals surface area contributed by atoms with Crippen molar-refractivity contribution in [1.29, 1.82) is 0 Å². The van der Waals surface area contributed by atoms with Crippen LogP contribution in [0.5, 0.6) is 0 Å². The fourth-order valence-corrected chi connectivity index (χ4v) is 3.02. The van der Waals surface area contributed by atoms with Gasteiger partial charge in [0.05, 0.1) is 6.61 Å². The van der Waals surface area contributed by atoms with E-state index in [-0.39, 0.29) is 6.42 Å². The van der Waals surface area contributed by atoms with Crippen molar-refractivity contribution < 1.29 is 30.0 Å². The average molecular weight is 309 g/mol. The smallest absolute Gasteiger partial charge is 0.301 e. The van der Waals surface area contributed by atoms with E-state index >= 15 is 0 Å². The van der Waals surface area contributed by atoms with Gasteiger partial charge in [0.25, 0.3) is 0 Å². The lowest BCUT2D eigenvalue weighted by Gasteiger charge is -2.25. The highest BCUT2D eigenvalue weighted by atomic mass is 32.2. The molecule has 1 fully saturated rings. The van der Waals surface area contributed by atoms with Gasteiger partial charge in [0, 0.05) is 41.9 Å². The van der Waals surface area contributed by atoms with E-state index in [0.29, 0.717) is 31.1 Å². The zero-order chi connectivity index (χ0) is 13.8. The largest absolute Gasteiger partial charge is 0.523 e. The summed E-state index contributed by atoms with van der Waals surface area (Å²) in [7, 11) is -6.29. The van der Waals surface area contributed by atoms with E-state index in [1.54, 1.807) is 0 Å². The van der Waals surface area contributed by atoms with E-state index in [9.17, 15) is 25.8 Å². The van der Waals surface area contributed by atoms with Crippen LogP contribution in [0.15, 0.2) is 0 Å². The molecule has 1 aliphatic rings. The Labute approximate surface area is 106 Å². The molecule has 108 valence electrons. The normalized spacial score (nSPS) is 20.2. The fourth-order valence-electron chi connectivity index (χ4n) is 1.42. The van der Waals surface area contributed by atoms with Gasteiger partial charge in [-0.05, 0) is 6.42 Å². The lowest BCUT2D eigenvalue weighted by molar-refractivity contribution is -0.0543. The lowest BCUT2D eigenvalue weighted by Crippen LogP contribution is -2.38. The van der Waals surface area contributed by atoms with Gasteiger partial charge in [-0.1, -0.05) is 0 Å². The second kappa shape index (κ2) is 6.31. The molecule has 0 N–H and O–H groups in total. The molecule has 0 aromatic heterocycles. The van der Waals surface area contributed by atoms with Crippen molar-refractivity contribution in [2.75, 3.05) is 37.7 Å². The van der Waals surface area contributed by atoms with Crippen molar-refractivity contribution in [2.24, 2.45) is 0 Å². The minimum Gasteiger partial charge on any atom is -0.301 e. The minimum absolute atomic E-state index is 0.182. The maximum Gasteiger partial charge on any atom is 0.523 e. The number of hydrogen-bond acceptors (Lipinski definition) is 5. The van der Waals surface area contributed by atoms with Crippen LogP contribution in [0.2, 0.25) is 0 Å².